The SMILES string of the molecule is Cc1ccc(Cl)cc1Nc1c(C(=O)N2CCC(c3ccc(F)cc3)CC2)cn(CCN2CCOCC2)c(=O)c1Cl. The Kier molecular flexibility index (Phi) is 9.10. The molecule has 0 spiro atoms. The minimum Gasteiger partial charge on any atom is -0.379 e. The number of carbonyl (C=O) groups is 1. The smallest absolute Gasteiger partial charge is 0.271 e. The number of rotatable bonds is 7. The van der Waals surface area contributed by atoms with E-state index in [9.17, 15) is 14.0 Å². The number of benzene rings is 2. The number of aromatic nitrogens is 1. The Labute approximate surface area is 243 Å². The van der Waals surface area contributed by atoms with Crippen LogP contribution in [0.3, 0.4) is 0 Å². The summed E-state index contributed by atoms with van der Waals surface area (Å²) in [6.45, 7) is 6.97. The van der Waals surface area contributed by atoms with Crippen LogP contribution in [-0.4, -0.2) is 66.2 Å². The Balaban J connectivity index is 1.42. The average molecular weight is 588 g/mol. The minimum absolute atomic E-state index is 0.0339. The maximum Gasteiger partial charge on any atom is 0.271 e. The van der Waals surface area contributed by atoms with E-state index in [4.69, 9.17) is 27.9 Å². The van der Waals surface area contributed by atoms with Gasteiger partial charge in [0.05, 0.1) is 24.5 Å². The summed E-state index contributed by atoms with van der Waals surface area (Å²) in [7, 11) is 0. The predicted molar refractivity (Wildman–Crippen MR) is 157 cm³/mol. The van der Waals surface area contributed by atoms with E-state index in [-0.39, 0.29) is 33.9 Å². The molecule has 2 fully saturated rings. The monoisotopic (exact) mass is 586 g/mol. The number of nitrogens with one attached hydrogen (secondary N) is 1. The van der Waals surface area contributed by atoms with Crippen molar-refractivity contribution in [2.75, 3.05) is 51.3 Å². The molecule has 0 unspecified atom stereocenters. The maximum atomic E-state index is 14.0. The Morgan fingerprint density at radius 1 is 1.02 bits per heavy atom. The van der Waals surface area contributed by atoms with Gasteiger partial charge in [0, 0.05) is 56.2 Å². The maximum absolute atomic E-state index is 14.0. The molecule has 5 rings (SSSR count). The number of likely N-dealkylation sites (tertiary alicyclic amines) is 1. The molecule has 2 aliphatic heterocycles. The molecule has 0 bridgehead atoms. The first-order valence-electron chi connectivity index (χ1n) is 13.6. The molecule has 3 heterocycles. The first-order valence-corrected chi connectivity index (χ1v) is 14.4. The largest absolute Gasteiger partial charge is 0.379 e. The number of hydrogen-bond acceptors (Lipinski definition) is 5. The molecule has 1 aromatic heterocycles. The zero-order chi connectivity index (χ0) is 28.2. The lowest BCUT2D eigenvalue weighted by Gasteiger charge is -2.33. The lowest BCUT2D eigenvalue weighted by Crippen LogP contribution is -2.40. The summed E-state index contributed by atoms with van der Waals surface area (Å²) in [5, 5.41) is 3.74. The number of halogens is 3. The molecule has 40 heavy (non-hydrogen) atoms. The van der Waals surface area contributed by atoms with E-state index < -0.39 is 0 Å². The molecule has 1 amide bonds. The highest BCUT2D eigenvalue weighted by molar-refractivity contribution is 6.34. The van der Waals surface area contributed by atoms with Crippen molar-refractivity contribution >= 4 is 40.5 Å². The van der Waals surface area contributed by atoms with E-state index in [1.807, 2.05) is 25.1 Å². The Morgan fingerprint density at radius 3 is 2.42 bits per heavy atom. The molecule has 0 aliphatic carbocycles. The molecule has 2 aromatic carbocycles. The van der Waals surface area contributed by atoms with Crippen LogP contribution in [0.25, 0.3) is 0 Å². The van der Waals surface area contributed by atoms with Gasteiger partial charge in [-0.1, -0.05) is 41.4 Å². The standard InChI is InChI=1S/C30H33Cl2FN4O3/c1-20-2-5-23(31)18-26(20)34-28-25(19-37(30(39)27(28)32)13-12-35-14-16-40-17-15-35)29(38)36-10-8-22(9-11-36)21-3-6-24(33)7-4-21/h2-7,18-19,22,34H,8-17H2,1H3. The van der Waals surface area contributed by atoms with Gasteiger partial charge >= 0.3 is 0 Å². The van der Waals surface area contributed by atoms with Gasteiger partial charge < -0.3 is 19.5 Å². The van der Waals surface area contributed by atoms with Gasteiger partial charge in [0.2, 0.25) is 0 Å². The van der Waals surface area contributed by atoms with Crippen molar-refractivity contribution in [2.24, 2.45) is 0 Å². The van der Waals surface area contributed by atoms with Crippen LogP contribution >= 0.6 is 23.2 Å². The normalized spacial score (nSPS) is 16.8. The van der Waals surface area contributed by atoms with Crippen molar-refractivity contribution in [3.05, 3.63) is 91.6 Å². The number of aryl methyl sites for hydroxylation is 1. The zero-order valence-corrected chi connectivity index (χ0v) is 24.0. The van der Waals surface area contributed by atoms with Crippen molar-refractivity contribution < 1.29 is 13.9 Å². The molecule has 0 atom stereocenters. The number of carbonyl (C=O) groups excluding carboxylic acids is 1. The van der Waals surface area contributed by atoms with Crippen LogP contribution in [0.5, 0.6) is 0 Å². The number of hydrogen-bond donors (Lipinski definition) is 1. The van der Waals surface area contributed by atoms with Crippen LogP contribution in [0.15, 0.2) is 53.5 Å². The molecule has 10 heteroatoms. The molecular weight excluding hydrogens is 554 g/mol. The van der Waals surface area contributed by atoms with Gasteiger partial charge in [-0.3, -0.25) is 14.5 Å². The third kappa shape index (κ3) is 6.52. The van der Waals surface area contributed by atoms with Gasteiger partial charge in [-0.25, -0.2) is 4.39 Å². The van der Waals surface area contributed by atoms with E-state index >= 15 is 0 Å². The van der Waals surface area contributed by atoms with Gasteiger partial charge in [-0.15, -0.1) is 0 Å². The van der Waals surface area contributed by atoms with Crippen LogP contribution in [0.4, 0.5) is 15.8 Å². The highest BCUT2D eigenvalue weighted by Gasteiger charge is 2.28. The number of anilines is 2. The molecule has 2 aliphatic rings. The summed E-state index contributed by atoms with van der Waals surface area (Å²) < 4.78 is 20.4. The van der Waals surface area contributed by atoms with Crippen LogP contribution in [-0.2, 0) is 11.3 Å². The number of pyridine rings is 1. The fraction of sp³-hybridized carbons (Fsp3) is 0.400. The quantitative estimate of drug-likeness (QED) is 0.385. The third-order valence-corrected chi connectivity index (χ3v) is 8.38. The summed E-state index contributed by atoms with van der Waals surface area (Å²) in [5.41, 5.74) is 2.91. The summed E-state index contributed by atoms with van der Waals surface area (Å²) in [6.07, 6.45) is 3.15. The molecule has 212 valence electrons. The van der Waals surface area contributed by atoms with Crippen LogP contribution < -0.4 is 10.9 Å². The Morgan fingerprint density at radius 2 is 1.73 bits per heavy atom. The van der Waals surface area contributed by atoms with Crippen molar-refractivity contribution in [2.45, 2.75) is 32.2 Å². The molecule has 0 saturated carbocycles. The van der Waals surface area contributed by atoms with Gasteiger partial charge in [-0.05, 0) is 61.1 Å². The highest BCUT2D eigenvalue weighted by atomic mass is 35.5. The van der Waals surface area contributed by atoms with E-state index in [1.165, 1.54) is 16.7 Å². The molecule has 1 N–H and O–H groups in total. The highest BCUT2D eigenvalue weighted by Crippen LogP contribution is 2.33. The third-order valence-electron chi connectivity index (χ3n) is 7.80. The number of nitrogens with zero attached hydrogens (tertiary/aromatic N) is 3. The molecule has 7 nitrogen and oxygen atoms in total. The minimum atomic E-state index is -0.358. The second-order valence-electron chi connectivity index (χ2n) is 10.4. The van der Waals surface area contributed by atoms with E-state index in [2.05, 4.69) is 10.2 Å². The lowest BCUT2D eigenvalue weighted by molar-refractivity contribution is 0.0362. The molecule has 0 radical (unpaired) electrons. The van der Waals surface area contributed by atoms with Crippen LogP contribution in [0.2, 0.25) is 10.0 Å². The Hall–Kier alpha value is -2.91. The average Bonchev–Trinajstić information content (AvgIpc) is 2.97. The zero-order valence-electron chi connectivity index (χ0n) is 22.5. The van der Waals surface area contributed by atoms with Crippen molar-refractivity contribution in [3.63, 3.8) is 0 Å². The van der Waals surface area contributed by atoms with Gasteiger partial charge in [0.15, 0.2) is 0 Å². The number of amides is 1. The molecule has 3 aromatic rings. The number of piperidine rings is 1. The number of morpholine rings is 1. The fourth-order valence-corrected chi connectivity index (χ4v) is 5.77. The van der Waals surface area contributed by atoms with Gasteiger partial charge in [0.1, 0.15) is 10.8 Å². The predicted octanol–water partition coefficient (Wildman–Crippen LogP) is 5.70. The second-order valence-corrected chi connectivity index (χ2v) is 11.2. The van der Waals surface area contributed by atoms with Crippen molar-refractivity contribution in [1.82, 2.24) is 14.4 Å². The van der Waals surface area contributed by atoms with Crippen LogP contribution in [0.1, 0.15) is 40.2 Å². The first-order chi connectivity index (χ1) is 19.3. The summed E-state index contributed by atoms with van der Waals surface area (Å²) in [5.74, 6) is -0.198. The first kappa shape index (κ1) is 28.6. The van der Waals surface area contributed by atoms with Gasteiger partial charge in [0.25, 0.3) is 11.5 Å². The number of ether oxygens (including phenoxy) is 1. The van der Waals surface area contributed by atoms with E-state index in [0.29, 0.717) is 55.7 Å². The topological polar surface area (TPSA) is 66.8 Å². The van der Waals surface area contributed by atoms with Crippen molar-refractivity contribution in [3.8, 4) is 0 Å². The Bertz CT molecular complexity index is 1420. The van der Waals surface area contributed by atoms with Gasteiger partial charge in [-0.2, -0.15) is 0 Å². The van der Waals surface area contributed by atoms with E-state index in [1.54, 1.807) is 23.2 Å². The molecule has 2 saturated heterocycles. The molecular formula is C30H33Cl2FN4O3. The second kappa shape index (κ2) is 12.7. The van der Waals surface area contributed by atoms with Crippen molar-refractivity contribution in [1.29, 1.82) is 0 Å². The summed E-state index contributed by atoms with van der Waals surface area (Å²) in [4.78, 5) is 31.4. The summed E-state index contributed by atoms with van der Waals surface area (Å²) >= 11 is 12.9. The lowest BCUT2D eigenvalue weighted by atomic mass is 9.89. The fourth-order valence-electron chi connectivity index (χ4n) is 5.34. The van der Waals surface area contributed by atoms with Crippen LogP contribution in [0, 0.1) is 12.7 Å². The summed E-state index contributed by atoms with van der Waals surface area (Å²) in [6, 6.07) is 12.0. The van der Waals surface area contributed by atoms with E-state index in [0.717, 1.165) is 37.1 Å².